The van der Waals surface area contributed by atoms with Crippen molar-refractivity contribution in [3.8, 4) is 0 Å². The SMILES string of the molecule is CCCNc1nnc(SCC(=O)NC2CCN(C(=O)OCC)CC2)s1. The molecule has 2 rings (SSSR count). The molecule has 1 fully saturated rings. The molecule has 2 amide bonds. The summed E-state index contributed by atoms with van der Waals surface area (Å²) in [7, 11) is 0. The normalized spacial score (nSPS) is 15.0. The Hall–Kier alpha value is -1.55. The summed E-state index contributed by atoms with van der Waals surface area (Å²) in [5, 5.41) is 15.1. The first-order valence-electron chi connectivity index (χ1n) is 8.53. The van der Waals surface area contributed by atoms with E-state index in [1.807, 2.05) is 0 Å². The molecule has 0 radical (unpaired) electrons. The largest absolute Gasteiger partial charge is 0.450 e. The lowest BCUT2D eigenvalue weighted by atomic mass is 10.1. The third kappa shape index (κ3) is 6.69. The zero-order valence-corrected chi connectivity index (χ0v) is 16.3. The molecule has 0 bridgehead atoms. The fraction of sp³-hybridized carbons (Fsp3) is 0.733. The summed E-state index contributed by atoms with van der Waals surface area (Å²) >= 11 is 2.85. The van der Waals surface area contributed by atoms with E-state index in [0.717, 1.165) is 35.3 Å². The van der Waals surface area contributed by atoms with Crippen LogP contribution in [0, 0.1) is 0 Å². The van der Waals surface area contributed by atoms with E-state index in [-0.39, 0.29) is 18.0 Å². The van der Waals surface area contributed by atoms with E-state index in [2.05, 4.69) is 27.8 Å². The van der Waals surface area contributed by atoms with Gasteiger partial charge in [0.1, 0.15) is 0 Å². The number of anilines is 1. The van der Waals surface area contributed by atoms with Crippen molar-refractivity contribution >= 4 is 40.2 Å². The summed E-state index contributed by atoms with van der Waals surface area (Å²) in [5.41, 5.74) is 0. The molecular weight excluding hydrogens is 362 g/mol. The lowest BCUT2D eigenvalue weighted by Gasteiger charge is -2.31. The number of ether oxygens (including phenoxy) is 1. The van der Waals surface area contributed by atoms with E-state index >= 15 is 0 Å². The van der Waals surface area contributed by atoms with Gasteiger partial charge in [-0.15, -0.1) is 10.2 Å². The predicted octanol–water partition coefficient (Wildman–Crippen LogP) is 2.19. The third-order valence-electron chi connectivity index (χ3n) is 3.65. The van der Waals surface area contributed by atoms with Crippen LogP contribution < -0.4 is 10.6 Å². The summed E-state index contributed by atoms with van der Waals surface area (Å²) in [5.74, 6) is 0.304. The number of nitrogens with one attached hydrogen (secondary N) is 2. The number of hydrogen-bond donors (Lipinski definition) is 2. The maximum Gasteiger partial charge on any atom is 0.409 e. The summed E-state index contributed by atoms with van der Waals surface area (Å²) in [6, 6.07) is 0.106. The molecule has 8 nitrogen and oxygen atoms in total. The van der Waals surface area contributed by atoms with Gasteiger partial charge in [0, 0.05) is 25.7 Å². The molecule has 1 aliphatic heterocycles. The van der Waals surface area contributed by atoms with Gasteiger partial charge in [0.2, 0.25) is 11.0 Å². The zero-order valence-electron chi connectivity index (χ0n) is 14.6. The second-order valence-corrected chi connectivity index (χ2v) is 7.82. The summed E-state index contributed by atoms with van der Waals surface area (Å²) in [4.78, 5) is 25.4. The lowest BCUT2D eigenvalue weighted by Crippen LogP contribution is -2.47. The van der Waals surface area contributed by atoms with Gasteiger partial charge in [0.05, 0.1) is 12.4 Å². The topological polar surface area (TPSA) is 96.5 Å². The first kappa shape index (κ1) is 19.8. The molecule has 0 aliphatic carbocycles. The van der Waals surface area contributed by atoms with Crippen molar-refractivity contribution in [1.29, 1.82) is 0 Å². The Bertz CT molecular complexity index is 561. The molecule has 2 heterocycles. The van der Waals surface area contributed by atoms with Crippen LogP contribution in [-0.2, 0) is 9.53 Å². The molecule has 0 saturated carbocycles. The Balaban J connectivity index is 1.66. The molecule has 2 N–H and O–H groups in total. The molecule has 1 aromatic rings. The van der Waals surface area contributed by atoms with E-state index in [4.69, 9.17) is 4.74 Å². The number of piperidine rings is 1. The number of aromatic nitrogens is 2. The first-order chi connectivity index (χ1) is 12.1. The van der Waals surface area contributed by atoms with Gasteiger partial charge in [-0.1, -0.05) is 30.0 Å². The van der Waals surface area contributed by atoms with Gasteiger partial charge in [0.15, 0.2) is 4.34 Å². The van der Waals surface area contributed by atoms with Crippen LogP contribution >= 0.6 is 23.1 Å². The summed E-state index contributed by atoms with van der Waals surface area (Å²) in [6.07, 6.45) is 2.25. The van der Waals surface area contributed by atoms with E-state index in [1.54, 1.807) is 11.8 Å². The van der Waals surface area contributed by atoms with Crippen LogP contribution in [0.4, 0.5) is 9.93 Å². The number of likely N-dealkylation sites (tertiary alicyclic amines) is 1. The number of hydrogen-bond acceptors (Lipinski definition) is 8. The van der Waals surface area contributed by atoms with Gasteiger partial charge < -0.3 is 20.3 Å². The minimum Gasteiger partial charge on any atom is -0.450 e. The highest BCUT2D eigenvalue weighted by Gasteiger charge is 2.24. The van der Waals surface area contributed by atoms with Crippen molar-refractivity contribution in [2.24, 2.45) is 0 Å². The van der Waals surface area contributed by atoms with Crippen LogP contribution in [0.5, 0.6) is 0 Å². The molecule has 10 heteroatoms. The van der Waals surface area contributed by atoms with Gasteiger partial charge in [0.25, 0.3) is 0 Å². The fourth-order valence-corrected chi connectivity index (χ4v) is 3.98. The number of carbonyl (C=O) groups is 2. The van der Waals surface area contributed by atoms with Crippen LogP contribution in [0.1, 0.15) is 33.1 Å². The molecule has 25 heavy (non-hydrogen) atoms. The van der Waals surface area contributed by atoms with Crippen LogP contribution in [0.3, 0.4) is 0 Å². The van der Waals surface area contributed by atoms with E-state index in [0.29, 0.717) is 25.4 Å². The van der Waals surface area contributed by atoms with Crippen molar-refractivity contribution < 1.29 is 14.3 Å². The fourth-order valence-electron chi connectivity index (χ4n) is 2.39. The minimum absolute atomic E-state index is 0.0159. The molecule has 0 aromatic carbocycles. The van der Waals surface area contributed by atoms with E-state index < -0.39 is 0 Å². The number of carbonyl (C=O) groups excluding carboxylic acids is 2. The monoisotopic (exact) mass is 387 g/mol. The van der Waals surface area contributed by atoms with Crippen LogP contribution in [0.15, 0.2) is 4.34 Å². The highest BCUT2D eigenvalue weighted by atomic mass is 32.2. The quantitative estimate of drug-likeness (QED) is 0.660. The van der Waals surface area contributed by atoms with Gasteiger partial charge >= 0.3 is 6.09 Å². The van der Waals surface area contributed by atoms with Gasteiger partial charge in [-0.05, 0) is 26.2 Å². The van der Waals surface area contributed by atoms with Crippen LogP contribution in [0.2, 0.25) is 0 Å². The predicted molar refractivity (Wildman–Crippen MR) is 99.2 cm³/mol. The molecule has 140 valence electrons. The van der Waals surface area contributed by atoms with Crippen LogP contribution in [-0.4, -0.2) is 65.1 Å². The molecule has 1 aromatic heterocycles. The van der Waals surface area contributed by atoms with Crippen molar-refractivity contribution in [2.75, 3.05) is 37.3 Å². The number of thioether (sulfide) groups is 1. The zero-order chi connectivity index (χ0) is 18.1. The molecular formula is C15H25N5O3S2. The molecule has 0 spiro atoms. The molecule has 0 unspecified atom stereocenters. The second-order valence-electron chi connectivity index (χ2n) is 5.62. The Morgan fingerprint density at radius 3 is 2.76 bits per heavy atom. The molecule has 1 saturated heterocycles. The Morgan fingerprint density at radius 1 is 1.32 bits per heavy atom. The van der Waals surface area contributed by atoms with Crippen molar-refractivity contribution in [1.82, 2.24) is 20.4 Å². The van der Waals surface area contributed by atoms with E-state index in [1.165, 1.54) is 23.1 Å². The van der Waals surface area contributed by atoms with Gasteiger partial charge in [-0.3, -0.25) is 4.79 Å². The Morgan fingerprint density at radius 2 is 2.08 bits per heavy atom. The average Bonchev–Trinajstić information content (AvgIpc) is 3.07. The minimum atomic E-state index is -0.272. The first-order valence-corrected chi connectivity index (χ1v) is 10.3. The number of rotatable bonds is 8. The number of nitrogens with zero attached hydrogens (tertiary/aromatic N) is 3. The van der Waals surface area contributed by atoms with Gasteiger partial charge in [-0.2, -0.15) is 0 Å². The summed E-state index contributed by atoms with van der Waals surface area (Å²) < 4.78 is 5.77. The summed E-state index contributed by atoms with van der Waals surface area (Å²) in [6.45, 7) is 6.35. The maximum absolute atomic E-state index is 12.1. The Kier molecular flexibility index (Phi) is 8.26. The smallest absolute Gasteiger partial charge is 0.409 e. The highest BCUT2D eigenvalue weighted by Crippen LogP contribution is 2.25. The van der Waals surface area contributed by atoms with Gasteiger partial charge in [-0.25, -0.2) is 4.79 Å². The average molecular weight is 388 g/mol. The Labute approximate surface area is 156 Å². The number of amides is 2. The second kappa shape index (κ2) is 10.4. The van der Waals surface area contributed by atoms with Crippen molar-refractivity contribution in [3.05, 3.63) is 0 Å². The molecule has 1 aliphatic rings. The standard InChI is InChI=1S/C15H25N5O3S2/c1-3-7-16-13-18-19-14(25-13)24-10-12(21)17-11-5-8-20(9-6-11)15(22)23-4-2/h11H,3-10H2,1-2H3,(H,16,18)(H,17,21). The van der Waals surface area contributed by atoms with Crippen molar-refractivity contribution in [2.45, 2.75) is 43.5 Å². The molecule has 0 atom stereocenters. The third-order valence-corrected chi connectivity index (χ3v) is 5.66. The van der Waals surface area contributed by atoms with E-state index in [9.17, 15) is 9.59 Å². The van der Waals surface area contributed by atoms with Crippen LogP contribution in [0.25, 0.3) is 0 Å². The lowest BCUT2D eigenvalue weighted by molar-refractivity contribution is -0.119. The highest BCUT2D eigenvalue weighted by molar-refractivity contribution is 8.01. The maximum atomic E-state index is 12.1. The van der Waals surface area contributed by atoms with Crippen molar-refractivity contribution in [3.63, 3.8) is 0 Å².